The molecular formula is C20H19F4NO2. The Bertz CT molecular complexity index is 818. The van der Waals surface area contributed by atoms with Gasteiger partial charge in [-0.1, -0.05) is 36.4 Å². The van der Waals surface area contributed by atoms with Gasteiger partial charge in [0, 0.05) is 17.8 Å². The highest BCUT2D eigenvalue weighted by Crippen LogP contribution is 2.42. The molecule has 0 fully saturated rings. The number of rotatable bonds is 3. The van der Waals surface area contributed by atoms with Crippen LogP contribution < -0.4 is 4.90 Å². The molecule has 0 spiro atoms. The van der Waals surface area contributed by atoms with Crippen molar-refractivity contribution >= 4 is 11.6 Å². The molecule has 7 heteroatoms. The maximum atomic E-state index is 13.9. The van der Waals surface area contributed by atoms with Crippen molar-refractivity contribution in [3.05, 3.63) is 65.2 Å². The maximum absolute atomic E-state index is 13.9. The molecule has 3 nitrogen and oxygen atoms in total. The lowest BCUT2D eigenvalue weighted by molar-refractivity contribution is -0.323. The molecule has 1 aliphatic rings. The van der Waals surface area contributed by atoms with E-state index >= 15 is 0 Å². The number of fused-ring (bicyclic) bond motifs is 1. The third-order valence-electron chi connectivity index (χ3n) is 4.71. The molecule has 1 N–H and O–H groups in total. The summed E-state index contributed by atoms with van der Waals surface area (Å²) in [7, 11) is 0. The first-order valence-corrected chi connectivity index (χ1v) is 8.66. The van der Waals surface area contributed by atoms with E-state index in [2.05, 4.69) is 0 Å². The lowest BCUT2D eigenvalue weighted by atomic mass is 9.99. The fourth-order valence-corrected chi connectivity index (χ4v) is 3.25. The van der Waals surface area contributed by atoms with Crippen LogP contribution in [0.3, 0.4) is 0 Å². The zero-order chi connectivity index (χ0) is 19.7. The minimum atomic E-state index is -5.44. The number of hydrogen-bond acceptors (Lipinski definition) is 2. The second kappa shape index (κ2) is 7.31. The molecule has 1 atom stereocenters. The molecule has 0 aromatic heterocycles. The molecule has 0 saturated carbocycles. The molecule has 1 aliphatic heterocycles. The number of anilines is 1. The Kier molecular flexibility index (Phi) is 5.24. The SMILES string of the molecule is O=C(Cc1ccccc1)N1CCCCc2cc(C(O)(F)C(F)(F)F)ccc21. The number of halogens is 4. The summed E-state index contributed by atoms with van der Waals surface area (Å²) in [4.78, 5) is 14.3. The van der Waals surface area contributed by atoms with Crippen molar-refractivity contribution < 1.29 is 27.5 Å². The Morgan fingerprint density at radius 3 is 2.41 bits per heavy atom. The predicted octanol–water partition coefficient (Wildman–Crippen LogP) is 4.28. The summed E-state index contributed by atoms with van der Waals surface area (Å²) in [6.45, 7) is 0.442. The third kappa shape index (κ3) is 3.98. The first-order chi connectivity index (χ1) is 12.7. The Balaban J connectivity index is 1.92. The van der Waals surface area contributed by atoms with Crippen LogP contribution in [-0.2, 0) is 23.5 Å². The summed E-state index contributed by atoms with van der Waals surface area (Å²) in [5, 5.41) is 9.29. The highest BCUT2D eigenvalue weighted by Gasteiger charge is 2.56. The molecule has 144 valence electrons. The predicted molar refractivity (Wildman–Crippen MR) is 92.9 cm³/mol. The van der Waals surface area contributed by atoms with Gasteiger partial charge in [0.2, 0.25) is 5.91 Å². The molecule has 1 amide bonds. The van der Waals surface area contributed by atoms with Crippen LogP contribution in [0.5, 0.6) is 0 Å². The molecule has 3 rings (SSSR count). The van der Waals surface area contributed by atoms with E-state index in [1.54, 1.807) is 0 Å². The van der Waals surface area contributed by atoms with Crippen LogP contribution in [-0.4, -0.2) is 23.7 Å². The summed E-state index contributed by atoms with van der Waals surface area (Å²) in [6, 6.07) is 12.3. The number of amides is 1. The molecule has 0 radical (unpaired) electrons. The zero-order valence-electron chi connectivity index (χ0n) is 14.5. The second-order valence-electron chi connectivity index (χ2n) is 6.63. The van der Waals surface area contributed by atoms with Crippen molar-refractivity contribution in [1.82, 2.24) is 0 Å². The summed E-state index contributed by atoms with van der Waals surface area (Å²) in [5.41, 5.74) is 0.855. The number of hydrogen-bond donors (Lipinski definition) is 1. The second-order valence-corrected chi connectivity index (χ2v) is 6.63. The summed E-state index contributed by atoms with van der Waals surface area (Å²) < 4.78 is 52.3. The van der Waals surface area contributed by atoms with Crippen LogP contribution >= 0.6 is 0 Å². The normalized spacial score (nSPS) is 17.0. The van der Waals surface area contributed by atoms with Gasteiger partial charge >= 0.3 is 12.0 Å². The van der Waals surface area contributed by atoms with E-state index in [4.69, 9.17) is 0 Å². The average Bonchev–Trinajstić information content (AvgIpc) is 2.83. The average molecular weight is 381 g/mol. The number of aryl methyl sites for hydroxylation is 1. The molecule has 27 heavy (non-hydrogen) atoms. The first kappa shape index (κ1) is 19.4. The number of benzene rings is 2. The number of carbonyl (C=O) groups excluding carboxylic acids is 1. The summed E-state index contributed by atoms with van der Waals surface area (Å²) >= 11 is 0. The number of aliphatic hydroxyl groups is 1. The van der Waals surface area contributed by atoms with Crippen molar-refractivity contribution in [2.24, 2.45) is 0 Å². The van der Waals surface area contributed by atoms with Crippen molar-refractivity contribution in [3.8, 4) is 0 Å². The van der Waals surface area contributed by atoms with E-state index in [1.165, 1.54) is 11.0 Å². The number of carbonyl (C=O) groups is 1. The highest BCUT2D eigenvalue weighted by atomic mass is 19.4. The first-order valence-electron chi connectivity index (χ1n) is 8.66. The van der Waals surface area contributed by atoms with Gasteiger partial charge in [-0.25, -0.2) is 0 Å². The molecule has 2 aromatic carbocycles. The standard InChI is InChI=1S/C20H19F4NO2/c21-19(27,20(22,23)24)16-9-10-17-15(13-16)8-4-5-11-25(17)18(26)12-14-6-2-1-3-7-14/h1-3,6-7,9-10,13,27H,4-5,8,11-12H2. The Morgan fingerprint density at radius 1 is 1.04 bits per heavy atom. The van der Waals surface area contributed by atoms with Crippen molar-refractivity contribution in [2.45, 2.75) is 37.7 Å². The monoisotopic (exact) mass is 381 g/mol. The maximum Gasteiger partial charge on any atom is 0.453 e. The number of nitrogens with zero attached hydrogens (tertiary/aromatic N) is 1. The summed E-state index contributed by atoms with van der Waals surface area (Å²) in [5.74, 6) is -4.60. The smallest absolute Gasteiger partial charge is 0.351 e. The van der Waals surface area contributed by atoms with E-state index in [9.17, 15) is 27.5 Å². The van der Waals surface area contributed by atoms with Crippen LogP contribution in [0.15, 0.2) is 48.5 Å². The van der Waals surface area contributed by atoms with Gasteiger partial charge in [0.25, 0.3) is 0 Å². The van der Waals surface area contributed by atoms with Gasteiger partial charge in [-0.2, -0.15) is 17.6 Å². The molecule has 0 bridgehead atoms. The topological polar surface area (TPSA) is 40.5 Å². The molecule has 0 saturated heterocycles. The Morgan fingerprint density at radius 2 is 1.74 bits per heavy atom. The van der Waals surface area contributed by atoms with Crippen LogP contribution in [0.25, 0.3) is 0 Å². The van der Waals surface area contributed by atoms with Crippen molar-refractivity contribution in [1.29, 1.82) is 0 Å². The Hall–Kier alpha value is -2.41. The van der Waals surface area contributed by atoms with Gasteiger partial charge in [-0.05, 0) is 42.5 Å². The van der Waals surface area contributed by atoms with Gasteiger partial charge in [-0.3, -0.25) is 4.79 Å². The fraction of sp³-hybridized carbons (Fsp3) is 0.350. The minimum Gasteiger partial charge on any atom is -0.351 e. The van der Waals surface area contributed by atoms with Crippen LogP contribution in [0.1, 0.15) is 29.5 Å². The fourth-order valence-electron chi connectivity index (χ4n) is 3.25. The van der Waals surface area contributed by atoms with E-state index in [-0.39, 0.29) is 12.3 Å². The quantitative estimate of drug-likeness (QED) is 0.807. The third-order valence-corrected chi connectivity index (χ3v) is 4.71. The van der Waals surface area contributed by atoms with Gasteiger partial charge in [0.1, 0.15) is 0 Å². The number of alkyl halides is 4. The lowest BCUT2D eigenvalue weighted by Crippen LogP contribution is -2.38. The van der Waals surface area contributed by atoms with E-state index in [0.717, 1.165) is 17.7 Å². The van der Waals surface area contributed by atoms with E-state index in [0.29, 0.717) is 37.1 Å². The zero-order valence-corrected chi connectivity index (χ0v) is 14.5. The minimum absolute atomic E-state index is 0.164. The molecular weight excluding hydrogens is 362 g/mol. The molecule has 2 aromatic rings. The van der Waals surface area contributed by atoms with Crippen LogP contribution in [0, 0.1) is 0 Å². The van der Waals surface area contributed by atoms with Crippen molar-refractivity contribution in [3.63, 3.8) is 0 Å². The van der Waals surface area contributed by atoms with Gasteiger partial charge in [0.05, 0.1) is 6.42 Å². The molecule has 1 unspecified atom stereocenters. The van der Waals surface area contributed by atoms with Gasteiger partial charge < -0.3 is 10.0 Å². The Labute approximate surface area is 154 Å². The van der Waals surface area contributed by atoms with Gasteiger partial charge in [-0.15, -0.1) is 0 Å². The van der Waals surface area contributed by atoms with Gasteiger partial charge in [0.15, 0.2) is 0 Å². The highest BCUT2D eigenvalue weighted by molar-refractivity contribution is 5.95. The van der Waals surface area contributed by atoms with E-state index < -0.39 is 17.6 Å². The van der Waals surface area contributed by atoms with Crippen LogP contribution in [0.2, 0.25) is 0 Å². The molecule has 1 heterocycles. The van der Waals surface area contributed by atoms with Crippen LogP contribution in [0.4, 0.5) is 23.2 Å². The lowest BCUT2D eigenvalue weighted by Gasteiger charge is -2.26. The molecule has 0 aliphatic carbocycles. The van der Waals surface area contributed by atoms with Crippen molar-refractivity contribution in [2.75, 3.05) is 11.4 Å². The largest absolute Gasteiger partial charge is 0.453 e. The summed E-state index contributed by atoms with van der Waals surface area (Å²) in [6.07, 6.45) is -3.52. The van der Waals surface area contributed by atoms with E-state index in [1.807, 2.05) is 30.3 Å².